The van der Waals surface area contributed by atoms with Crippen LogP contribution in [0.1, 0.15) is 36.3 Å². The average molecular weight is 277 g/mol. The molecule has 20 heavy (non-hydrogen) atoms. The van der Waals surface area contributed by atoms with Crippen LogP contribution < -0.4 is 5.32 Å². The standard InChI is InChI=1S/C16H27N3O/c1-12-13(9-17-14-4-5-14)8-16(20-12)11-19-7-6-15(10-19)18(2)3/h8,14-15,17H,4-7,9-11H2,1-3H3. The molecule has 1 saturated heterocycles. The molecule has 0 spiro atoms. The first-order valence-corrected chi connectivity index (χ1v) is 7.82. The number of nitrogens with zero attached hydrogens (tertiary/aromatic N) is 2. The molecule has 1 atom stereocenters. The summed E-state index contributed by atoms with van der Waals surface area (Å²) in [5, 5.41) is 3.56. The fourth-order valence-corrected chi connectivity index (χ4v) is 2.98. The van der Waals surface area contributed by atoms with Crippen molar-refractivity contribution < 1.29 is 4.42 Å². The van der Waals surface area contributed by atoms with Gasteiger partial charge in [-0.3, -0.25) is 4.90 Å². The molecule has 0 amide bonds. The van der Waals surface area contributed by atoms with Crippen LogP contribution in [0, 0.1) is 6.92 Å². The molecule has 2 fully saturated rings. The lowest BCUT2D eigenvalue weighted by Crippen LogP contribution is -2.31. The average Bonchev–Trinajstić information content (AvgIpc) is 3.00. The second kappa shape index (κ2) is 5.88. The molecule has 0 bridgehead atoms. The highest BCUT2D eigenvalue weighted by molar-refractivity contribution is 5.21. The van der Waals surface area contributed by atoms with E-state index in [1.54, 1.807) is 0 Å². The lowest BCUT2D eigenvalue weighted by Gasteiger charge is -2.19. The van der Waals surface area contributed by atoms with Crippen LogP contribution in [0.2, 0.25) is 0 Å². The molecule has 112 valence electrons. The van der Waals surface area contributed by atoms with Gasteiger partial charge in [-0.15, -0.1) is 0 Å². The fraction of sp³-hybridized carbons (Fsp3) is 0.750. The summed E-state index contributed by atoms with van der Waals surface area (Å²) in [7, 11) is 4.35. The molecule has 2 heterocycles. The molecule has 4 nitrogen and oxygen atoms in total. The minimum atomic E-state index is 0.696. The highest BCUT2D eigenvalue weighted by Gasteiger charge is 2.25. The van der Waals surface area contributed by atoms with E-state index in [-0.39, 0.29) is 0 Å². The van der Waals surface area contributed by atoms with Crippen LogP contribution >= 0.6 is 0 Å². The van der Waals surface area contributed by atoms with Crippen molar-refractivity contribution in [2.45, 2.75) is 51.4 Å². The highest BCUT2D eigenvalue weighted by atomic mass is 16.3. The fourth-order valence-electron chi connectivity index (χ4n) is 2.98. The third kappa shape index (κ3) is 3.43. The van der Waals surface area contributed by atoms with Gasteiger partial charge in [0.1, 0.15) is 11.5 Å². The van der Waals surface area contributed by atoms with E-state index in [0.717, 1.165) is 37.2 Å². The summed E-state index contributed by atoms with van der Waals surface area (Å²) < 4.78 is 5.93. The summed E-state index contributed by atoms with van der Waals surface area (Å²) in [5.74, 6) is 2.20. The van der Waals surface area contributed by atoms with E-state index >= 15 is 0 Å². The molecule has 0 radical (unpaired) electrons. The Morgan fingerprint density at radius 2 is 2.15 bits per heavy atom. The molecule has 1 N–H and O–H groups in total. The zero-order valence-corrected chi connectivity index (χ0v) is 13.0. The maximum Gasteiger partial charge on any atom is 0.118 e. The number of nitrogens with one attached hydrogen (secondary N) is 1. The molecule has 1 aromatic heterocycles. The van der Waals surface area contributed by atoms with Crippen molar-refractivity contribution in [3.05, 3.63) is 23.2 Å². The van der Waals surface area contributed by atoms with Crippen molar-refractivity contribution in [2.24, 2.45) is 0 Å². The van der Waals surface area contributed by atoms with Gasteiger partial charge < -0.3 is 14.6 Å². The number of likely N-dealkylation sites (N-methyl/N-ethyl adjacent to an activating group) is 1. The summed E-state index contributed by atoms with van der Waals surface area (Å²) >= 11 is 0. The number of hydrogen-bond acceptors (Lipinski definition) is 4. The molecule has 1 aromatic rings. The molecular weight excluding hydrogens is 250 g/mol. The van der Waals surface area contributed by atoms with Crippen molar-refractivity contribution in [2.75, 3.05) is 27.2 Å². The van der Waals surface area contributed by atoms with Crippen molar-refractivity contribution in [1.82, 2.24) is 15.1 Å². The third-order valence-electron chi connectivity index (χ3n) is 4.59. The molecule has 1 unspecified atom stereocenters. The Hall–Kier alpha value is -0.840. The van der Waals surface area contributed by atoms with Crippen LogP contribution in [0.4, 0.5) is 0 Å². The summed E-state index contributed by atoms with van der Waals surface area (Å²) in [6, 6.07) is 3.70. The van der Waals surface area contributed by atoms with Gasteiger partial charge in [-0.1, -0.05) is 0 Å². The van der Waals surface area contributed by atoms with Crippen molar-refractivity contribution in [1.29, 1.82) is 0 Å². The van der Waals surface area contributed by atoms with Gasteiger partial charge in [0.15, 0.2) is 0 Å². The molecule has 2 aliphatic rings. The second-order valence-corrected chi connectivity index (χ2v) is 6.59. The zero-order valence-electron chi connectivity index (χ0n) is 13.0. The van der Waals surface area contributed by atoms with Crippen molar-refractivity contribution in [3.8, 4) is 0 Å². The first-order valence-electron chi connectivity index (χ1n) is 7.82. The monoisotopic (exact) mass is 277 g/mol. The van der Waals surface area contributed by atoms with Gasteiger partial charge in [0.2, 0.25) is 0 Å². The molecule has 3 rings (SSSR count). The molecule has 4 heteroatoms. The third-order valence-corrected chi connectivity index (χ3v) is 4.59. The maximum atomic E-state index is 5.93. The summed E-state index contributed by atoms with van der Waals surface area (Å²) in [6.07, 6.45) is 3.94. The van der Waals surface area contributed by atoms with Gasteiger partial charge in [0, 0.05) is 37.3 Å². The van der Waals surface area contributed by atoms with Crippen LogP contribution in [0.25, 0.3) is 0 Å². The lowest BCUT2D eigenvalue weighted by molar-refractivity contribution is 0.251. The van der Waals surface area contributed by atoms with Gasteiger partial charge >= 0.3 is 0 Å². The quantitative estimate of drug-likeness (QED) is 0.861. The summed E-state index contributed by atoms with van der Waals surface area (Å²) in [4.78, 5) is 4.83. The Morgan fingerprint density at radius 3 is 2.80 bits per heavy atom. The number of hydrogen-bond donors (Lipinski definition) is 1. The van der Waals surface area contributed by atoms with Crippen LogP contribution in [0.5, 0.6) is 0 Å². The normalized spacial score (nSPS) is 23.9. The lowest BCUT2D eigenvalue weighted by atomic mass is 10.2. The van der Waals surface area contributed by atoms with E-state index in [1.807, 2.05) is 0 Å². The molecule has 0 aromatic carbocycles. The van der Waals surface area contributed by atoms with Gasteiger partial charge in [-0.2, -0.15) is 0 Å². The van der Waals surface area contributed by atoms with E-state index in [0.29, 0.717) is 6.04 Å². The predicted molar refractivity (Wildman–Crippen MR) is 80.7 cm³/mol. The van der Waals surface area contributed by atoms with Crippen molar-refractivity contribution >= 4 is 0 Å². The van der Waals surface area contributed by atoms with Crippen LogP contribution in [0.3, 0.4) is 0 Å². The van der Waals surface area contributed by atoms with Crippen LogP contribution in [-0.2, 0) is 13.1 Å². The van der Waals surface area contributed by atoms with E-state index in [4.69, 9.17) is 4.42 Å². The number of rotatable bonds is 6. The molecule has 1 saturated carbocycles. The van der Waals surface area contributed by atoms with E-state index < -0.39 is 0 Å². The topological polar surface area (TPSA) is 31.7 Å². The molecule has 1 aliphatic heterocycles. The minimum Gasteiger partial charge on any atom is -0.465 e. The Morgan fingerprint density at radius 1 is 1.35 bits per heavy atom. The van der Waals surface area contributed by atoms with Crippen molar-refractivity contribution in [3.63, 3.8) is 0 Å². The molecular formula is C16H27N3O. The van der Waals surface area contributed by atoms with E-state index in [9.17, 15) is 0 Å². The smallest absolute Gasteiger partial charge is 0.118 e. The second-order valence-electron chi connectivity index (χ2n) is 6.59. The van der Waals surface area contributed by atoms with E-state index in [1.165, 1.54) is 31.4 Å². The number of furan rings is 1. The number of aryl methyl sites for hydroxylation is 1. The maximum absolute atomic E-state index is 5.93. The number of likely N-dealkylation sites (tertiary alicyclic amines) is 1. The van der Waals surface area contributed by atoms with Gasteiger partial charge in [-0.25, -0.2) is 0 Å². The Labute approximate surface area is 122 Å². The van der Waals surface area contributed by atoms with Gasteiger partial charge in [-0.05, 0) is 46.3 Å². The van der Waals surface area contributed by atoms with Crippen LogP contribution in [0.15, 0.2) is 10.5 Å². The minimum absolute atomic E-state index is 0.696. The largest absolute Gasteiger partial charge is 0.465 e. The first kappa shape index (κ1) is 14.1. The summed E-state index contributed by atoms with van der Waals surface area (Å²) in [6.45, 7) is 6.33. The van der Waals surface area contributed by atoms with Crippen LogP contribution in [-0.4, -0.2) is 49.1 Å². The Balaban J connectivity index is 1.53. The highest BCUT2D eigenvalue weighted by Crippen LogP contribution is 2.23. The summed E-state index contributed by atoms with van der Waals surface area (Å²) in [5.41, 5.74) is 1.33. The molecule has 1 aliphatic carbocycles. The van der Waals surface area contributed by atoms with Gasteiger partial charge in [0.05, 0.1) is 6.54 Å². The first-order chi connectivity index (χ1) is 9.61. The van der Waals surface area contributed by atoms with E-state index in [2.05, 4.69) is 42.2 Å². The zero-order chi connectivity index (χ0) is 14.1. The van der Waals surface area contributed by atoms with Gasteiger partial charge in [0.25, 0.3) is 0 Å². The Bertz CT molecular complexity index is 451. The predicted octanol–water partition coefficient (Wildman–Crippen LogP) is 1.98. The Kier molecular flexibility index (Phi) is 4.15. The SMILES string of the molecule is Cc1oc(CN2CCC(N(C)C)C2)cc1CNC1CC1.